The second-order valence-corrected chi connectivity index (χ2v) is 4.20. The van der Waals surface area contributed by atoms with Gasteiger partial charge in [0.1, 0.15) is 0 Å². The Balaban J connectivity index is 2.74. The predicted molar refractivity (Wildman–Crippen MR) is 63.2 cm³/mol. The van der Waals surface area contributed by atoms with Crippen molar-refractivity contribution in [3.63, 3.8) is 0 Å². The Morgan fingerprint density at radius 3 is 2.93 bits per heavy atom. The van der Waals surface area contributed by atoms with Gasteiger partial charge in [0, 0.05) is 18.8 Å². The Hall–Kier alpha value is -1.20. The minimum Gasteiger partial charge on any atom is -0.329 e. The van der Waals surface area contributed by atoms with Crippen LogP contribution in [0.5, 0.6) is 0 Å². The third-order valence-electron chi connectivity index (χ3n) is 2.36. The quantitative estimate of drug-likeness (QED) is 0.765. The van der Waals surface area contributed by atoms with Crippen molar-refractivity contribution in [2.24, 2.45) is 5.73 Å². The number of nitrogens with one attached hydrogen (secondary N) is 1. The first-order chi connectivity index (χ1) is 7.13. The van der Waals surface area contributed by atoms with Crippen molar-refractivity contribution >= 4 is 23.4 Å². The third kappa shape index (κ3) is 1.68. The summed E-state index contributed by atoms with van der Waals surface area (Å²) < 4.78 is 2.71. The summed E-state index contributed by atoms with van der Waals surface area (Å²) in [5.41, 5.74) is 8.42. The van der Waals surface area contributed by atoms with E-state index in [0.29, 0.717) is 17.4 Å². The molecule has 5 heteroatoms. The summed E-state index contributed by atoms with van der Waals surface area (Å²) >= 11 is 5.24. The molecule has 2 aromatic rings. The van der Waals surface area contributed by atoms with Gasteiger partial charge in [-0.25, -0.2) is 4.98 Å². The van der Waals surface area contributed by atoms with Crippen molar-refractivity contribution in [1.29, 1.82) is 0 Å². The molecule has 0 unspecified atom stereocenters. The lowest BCUT2D eigenvalue weighted by Gasteiger charge is -2.07. The van der Waals surface area contributed by atoms with Crippen LogP contribution in [0.25, 0.3) is 11.2 Å². The minimum absolute atomic E-state index is 0.308. The summed E-state index contributed by atoms with van der Waals surface area (Å²) in [5, 5.41) is 0. The van der Waals surface area contributed by atoms with Crippen molar-refractivity contribution in [2.75, 3.05) is 0 Å². The summed E-state index contributed by atoms with van der Waals surface area (Å²) in [6.07, 6.45) is 1.80. The van der Waals surface area contributed by atoms with E-state index in [1.807, 2.05) is 10.6 Å². The Morgan fingerprint density at radius 2 is 2.33 bits per heavy atom. The zero-order chi connectivity index (χ0) is 11.0. The molecule has 0 aromatic carbocycles. The maximum absolute atomic E-state index is 5.56. The van der Waals surface area contributed by atoms with Gasteiger partial charge in [0.2, 0.25) is 0 Å². The van der Waals surface area contributed by atoms with Crippen molar-refractivity contribution in [3.05, 3.63) is 22.6 Å². The molecule has 0 aliphatic heterocycles. The SMILES string of the molecule is CC(C)n1c(=S)[nH]c2cc(CN)cnc21. The van der Waals surface area contributed by atoms with Gasteiger partial charge in [0.15, 0.2) is 10.4 Å². The topological polar surface area (TPSA) is 59.6 Å². The average molecular weight is 222 g/mol. The summed E-state index contributed by atoms with van der Waals surface area (Å²) in [7, 11) is 0. The van der Waals surface area contributed by atoms with Gasteiger partial charge >= 0.3 is 0 Å². The highest BCUT2D eigenvalue weighted by atomic mass is 32.1. The maximum atomic E-state index is 5.56. The number of H-pyrrole nitrogens is 1. The molecule has 0 bridgehead atoms. The van der Waals surface area contributed by atoms with Gasteiger partial charge < -0.3 is 10.7 Å². The number of nitrogens with two attached hydrogens (primary N) is 1. The van der Waals surface area contributed by atoms with E-state index in [1.165, 1.54) is 0 Å². The van der Waals surface area contributed by atoms with E-state index in [9.17, 15) is 0 Å². The third-order valence-corrected chi connectivity index (χ3v) is 2.66. The van der Waals surface area contributed by atoms with Crippen LogP contribution >= 0.6 is 12.2 Å². The normalized spacial score (nSPS) is 11.5. The number of nitrogens with zero attached hydrogens (tertiary/aromatic N) is 2. The summed E-state index contributed by atoms with van der Waals surface area (Å²) in [5.74, 6) is 0. The molecule has 3 N–H and O–H groups in total. The number of hydrogen-bond donors (Lipinski definition) is 2. The number of hydrogen-bond acceptors (Lipinski definition) is 3. The molecule has 0 aliphatic rings. The molecule has 0 spiro atoms. The summed E-state index contributed by atoms with van der Waals surface area (Å²) in [4.78, 5) is 7.52. The molecule has 80 valence electrons. The van der Waals surface area contributed by atoms with Gasteiger partial charge in [-0.3, -0.25) is 4.57 Å². The predicted octanol–water partition coefficient (Wildman–Crippen LogP) is 2.13. The van der Waals surface area contributed by atoms with Crippen LogP contribution < -0.4 is 5.73 Å². The molecular formula is C10H14N4S. The molecule has 2 aromatic heterocycles. The molecule has 0 saturated heterocycles. The van der Waals surface area contributed by atoms with E-state index < -0.39 is 0 Å². The van der Waals surface area contributed by atoms with E-state index in [2.05, 4.69) is 23.8 Å². The second kappa shape index (κ2) is 3.75. The van der Waals surface area contributed by atoms with Gasteiger partial charge in [0.05, 0.1) is 5.52 Å². The molecule has 0 saturated carbocycles. The highest BCUT2D eigenvalue weighted by Crippen LogP contribution is 2.17. The fourth-order valence-electron chi connectivity index (χ4n) is 1.65. The molecule has 2 rings (SSSR count). The van der Waals surface area contributed by atoms with Crippen molar-refractivity contribution in [1.82, 2.24) is 14.5 Å². The molecular weight excluding hydrogens is 208 g/mol. The molecule has 0 amide bonds. The fourth-order valence-corrected chi connectivity index (χ4v) is 2.05. The van der Waals surface area contributed by atoms with Crippen LogP contribution in [0.4, 0.5) is 0 Å². The first-order valence-corrected chi connectivity index (χ1v) is 5.33. The van der Waals surface area contributed by atoms with E-state index in [-0.39, 0.29) is 0 Å². The van der Waals surface area contributed by atoms with Crippen LogP contribution in [-0.4, -0.2) is 14.5 Å². The van der Waals surface area contributed by atoms with Gasteiger partial charge in [0.25, 0.3) is 0 Å². The Morgan fingerprint density at radius 1 is 1.60 bits per heavy atom. The molecule has 0 fully saturated rings. The highest BCUT2D eigenvalue weighted by molar-refractivity contribution is 7.71. The summed E-state index contributed by atoms with van der Waals surface area (Å²) in [6.45, 7) is 4.67. The highest BCUT2D eigenvalue weighted by Gasteiger charge is 2.08. The number of aromatic amines is 1. The molecule has 4 nitrogen and oxygen atoms in total. The van der Waals surface area contributed by atoms with E-state index in [1.54, 1.807) is 6.20 Å². The standard InChI is InChI=1S/C10H14N4S/c1-6(2)14-9-8(13-10(14)15)3-7(4-11)5-12-9/h3,5-6H,4,11H2,1-2H3,(H,13,15). The summed E-state index contributed by atoms with van der Waals surface area (Å²) in [6, 6.07) is 2.30. The van der Waals surface area contributed by atoms with Crippen LogP contribution in [0.1, 0.15) is 25.5 Å². The smallest absolute Gasteiger partial charge is 0.179 e. The van der Waals surface area contributed by atoms with Crippen LogP contribution in [0.15, 0.2) is 12.3 Å². The molecule has 2 heterocycles. The second-order valence-electron chi connectivity index (χ2n) is 3.81. The van der Waals surface area contributed by atoms with Crippen LogP contribution in [-0.2, 0) is 6.54 Å². The first-order valence-electron chi connectivity index (χ1n) is 4.92. The molecule has 0 aliphatic carbocycles. The number of fused-ring (bicyclic) bond motifs is 1. The monoisotopic (exact) mass is 222 g/mol. The Labute approximate surface area is 93.1 Å². The van der Waals surface area contributed by atoms with E-state index in [0.717, 1.165) is 16.7 Å². The van der Waals surface area contributed by atoms with Gasteiger partial charge in [-0.05, 0) is 37.7 Å². The zero-order valence-electron chi connectivity index (χ0n) is 8.82. The van der Waals surface area contributed by atoms with E-state index in [4.69, 9.17) is 18.0 Å². The van der Waals surface area contributed by atoms with Crippen molar-refractivity contribution < 1.29 is 0 Å². The number of aromatic nitrogens is 3. The van der Waals surface area contributed by atoms with Crippen LogP contribution in [0, 0.1) is 4.77 Å². The lowest BCUT2D eigenvalue weighted by atomic mass is 10.3. The van der Waals surface area contributed by atoms with Crippen molar-refractivity contribution in [3.8, 4) is 0 Å². The lowest BCUT2D eigenvalue weighted by Crippen LogP contribution is -2.02. The first kappa shape index (κ1) is 10.3. The van der Waals surface area contributed by atoms with Gasteiger partial charge in [-0.2, -0.15) is 0 Å². The Bertz CT molecular complexity index is 538. The maximum Gasteiger partial charge on any atom is 0.179 e. The average Bonchev–Trinajstić information content (AvgIpc) is 2.52. The van der Waals surface area contributed by atoms with Gasteiger partial charge in [-0.1, -0.05) is 0 Å². The number of imidazole rings is 1. The lowest BCUT2D eigenvalue weighted by molar-refractivity contribution is 0.605. The Kier molecular flexibility index (Phi) is 2.58. The number of rotatable bonds is 2. The molecule has 0 atom stereocenters. The van der Waals surface area contributed by atoms with Crippen LogP contribution in [0.2, 0.25) is 0 Å². The minimum atomic E-state index is 0.308. The fraction of sp³-hybridized carbons (Fsp3) is 0.400. The zero-order valence-corrected chi connectivity index (χ0v) is 9.64. The van der Waals surface area contributed by atoms with E-state index >= 15 is 0 Å². The molecule has 0 radical (unpaired) electrons. The van der Waals surface area contributed by atoms with Gasteiger partial charge in [-0.15, -0.1) is 0 Å². The van der Waals surface area contributed by atoms with Crippen molar-refractivity contribution in [2.45, 2.75) is 26.4 Å². The largest absolute Gasteiger partial charge is 0.329 e. The van der Waals surface area contributed by atoms with Crippen LogP contribution in [0.3, 0.4) is 0 Å². The molecule has 15 heavy (non-hydrogen) atoms. The number of pyridine rings is 1.